The van der Waals surface area contributed by atoms with Gasteiger partial charge in [0.05, 0.1) is 0 Å². The maximum atomic E-state index is 12.4. The van der Waals surface area contributed by atoms with Crippen LogP contribution in [0.5, 0.6) is 0 Å². The zero-order valence-electron chi connectivity index (χ0n) is 15.7. The van der Waals surface area contributed by atoms with E-state index in [1.807, 2.05) is 4.90 Å². The van der Waals surface area contributed by atoms with E-state index in [0.717, 1.165) is 43.2 Å². The van der Waals surface area contributed by atoms with E-state index in [1.54, 1.807) is 0 Å². The van der Waals surface area contributed by atoms with Gasteiger partial charge < -0.3 is 19.9 Å². The SMILES string of the molecule is CC[C@@H](C)c1ccc(NC(=S)N2CCN(C(=O)[C@@H]3CCCO3)CC2)cc1. The maximum Gasteiger partial charge on any atom is 0.251 e. The van der Waals surface area contributed by atoms with Crippen molar-refractivity contribution in [1.29, 1.82) is 0 Å². The van der Waals surface area contributed by atoms with Gasteiger partial charge in [0.15, 0.2) is 5.11 Å². The maximum absolute atomic E-state index is 12.4. The lowest BCUT2D eigenvalue weighted by atomic mass is 9.99. The van der Waals surface area contributed by atoms with Crippen LogP contribution in [0.3, 0.4) is 0 Å². The Balaban J connectivity index is 1.48. The molecule has 1 amide bonds. The summed E-state index contributed by atoms with van der Waals surface area (Å²) in [5.41, 5.74) is 2.37. The molecule has 26 heavy (non-hydrogen) atoms. The Kier molecular flexibility index (Phi) is 6.48. The molecule has 6 heteroatoms. The third kappa shape index (κ3) is 4.54. The Morgan fingerprint density at radius 1 is 1.23 bits per heavy atom. The lowest BCUT2D eigenvalue weighted by Crippen LogP contribution is -2.53. The topological polar surface area (TPSA) is 44.8 Å². The van der Waals surface area contributed by atoms with Crippen molar-refractivity contribution in [2.24, 2.45) is 0 Å². The first-order valence-corrected chi connectivity index (χ1v) is 10.1. The molecule has 2 aliphatic heterocycles. The molecule has 1 N–H and O–H groups in total. The van der Waals surface area contributed by atoms with E-state index in [1.165, 1.54) is 5.56 Å². The number of hydrogen-bond acceptors (Lipinski definition) is 3. The standard InChI is InChI=1S/C20H29N3O2S/c1-3-15(2)16-6-8-17(9-7-16)21-20(26)23-12-10-22(11-13-23)19(24)18-5-4-14-25-18/h6-9,15,18H,3-5,10-14H2,1-2H3,(H,21,26)/t15-,18+/m1/s1. The van der Waals surface area contributed by atoms with Crippen molar-refractivity contribution in [2.45, 2.75) is 45.1 Å². The monoisotopic (exact) mass is 375 g/mol. The predicted molar refractivity (Wildman–Crippen MR) is 108 cm³/mol. The van der Waals surface area contributed by atoms with E-state index in [-0.39, 0.29) is 12.0 Å². The highest BCUT2D eigenvalue weighted by Gasteiger charge is 2.30. The van der Waals surface area contributed by atoms with E-state index in [0.29, 0.717) is 25.6 Å². The van der Waals surface area contributed by atoms with E-state index in [4.69, 9.17) is 17.0 Å². The van der Waals surface area contributed by atoms with Crippen molar-refractivity contribution >= 4 is 28.9 Å². The third-order valence-corrected chi connectivity index (χ3v) is 5.79. The van der Waals surface area contributed by atoms with Gasteiger partial charge in [-0.25, -0.2) is 0 Å². The molecule has 2 fully saturated rings. The van der Waals surface area contributed by atoms with E-state index >= 15 is 0 Å². The van der Waals surface area contributed by atoms with E-state index < -0.39 is 0 Å². The Morgan fingerprint density at radius 3 is 2.46 bits per heavy atom. The third-order valence-electron chi connectivity index (χ3n) is 5.43. The molecule has 1 aromatic carbocycles. The lowest BCUT2D eigenvalue weighted by molar-refractivity contribution is -0.142. The molecule has 142 valence electrons. The van der Waals surface area contributed by atoms with Crippen molar-refractivity contribution in [3.8, 4) is 0 Å². The van der Waals surface area contributed by atoms with Gasteiger partial charge in [0, 0.05) is 38.5 Å². The smallest absolute Gasteiger partial charge is 0.251 e. The Hall–Kier alpha value is -1.66. The summed E-state index contributed by atoms with van der Waals surface area (Å²) in [6.07, 6.45) is 2.75. The van der Waals surface area contributed by atoms with Crippen LogP contribution in [-0.4, -0.2) is 59.7 Å². The lowest BCUT2D eigenvalue weighted by Gasteiger charge is -2.37. The number of ether oxygens (including phenoxy) is 1. The normalized spacial score (nSPS) is 21.5. The molecule has 2 aliphatic rings. The molecule has 0 aliphatic carbocycles. The van der Waals surface area contributed by atoms with Crippen LogP contribution < -0.4 is 5.32 Å². The zero-order valence-corrected chi connectivity index (χ0v) is 16.6. The average molecular weight is 376 g/mol. The van der Waals surface area contributed by atoms with Crippen molar-refractivity contribution < 1.29 is 9.53 Å². The first-order valence-electron chi connectivity index (χ1n) is 9.64. The molecule has 2 saturated heterocycles. The van der Waals surface area contributed by atoms with Gasteiger partial charge in [-0.05, 0) is 55.1 Å². The highest BCUT2D eigenvalue weighted by Crippen LogP contribution is 2.21. The van der Waals surface area contributed by atoms with Gasteiger partial charge in [0.2, 0.25) is 0 Å². The molecule has 0 radical (unpaired) electrons. The highest BCUT2D eigenvalue weighted by molar-refractivity contribution is 7.80. The number of carbonyl (C=O) groups excluding carboxylic acids is 1. The summed E-state index contributed by atoms with van der Waals surface area (Å²) >= 11 is 5.56. The van der Waals surface area contributed by atoms with Crippen molar-refractivity contribution in [3.05, 3.63) is 29.8 Å². The summed E-state index contributed by atoms with van der Waals surface area (Å²) in [7, 11) is 0. The van der Waals surface area contributed by atoms with Crippen LogP contribution in [0.25, 0.3) is 0 Å². The number of carbonyl (C=O) groups is 1. The van der Waals surface area contributed by atoms with Gasteiger partial charge in [-0.2, -0.15) is 0 Å². The van der Waals surface area contributed by atoms with Crippen LogP contribution in [0, 0.1) is 0 Å². The van der Waals surface area contributed by atoms with E-state index in [2.05, 4.69) is 48.3 Å². The fourth-order valence-electron chi connectivity index (χ4n) is 3.44. The minimum atomic E-state index is -0.226. The van der Waals surface area contributed by atoms with Crippen molar-refractivity contribution in [1.82, 2.24) is 9.80 Å². The van der Waals surface area contributed by atoms with Crippen LogP contribution >= 0.6 is 12.2 Å². The number of nitrogens with one attached hydrogen (secondary N) is 1. The largest absolute Gasteiger partial charge is 0.368 e. The highest BCUT2D eigenvalue weighted by atomic mass is 32.1. The molecular weight excluding hydrogens is 346 g/mol. The minimum Gasteiger partial charge on any atom is -0.368 e. The Morgan fingerprint density at radius 2 is 1.88 bits per heavy atom. The first-order chi connectivity index (χ1) is 12.6. The fraction of sp³-hybridized carbons (Fsp3) is 0.600. The molecule has 2 heterocycles. The number of amides is 1. The molecule has 2 atom stereocenters. The zero-order chi connectivity index (χ0) is 18.5. The molecule has 1 aromatic rings. The summed E-state index contributed by atoms with van der Waals surface area (Å²) in [5, 5.41) is 4.05. The molecule has 0 unspecified atom stereocenters. The van der Waals surface area contributed by atoms with Crippen LogP contribution in [0.4, 0.5) is 5.69 Å². The van der Waals surface area contributed by atoms with E-state index in [9.17, 15) is 4.79 Å². The molecule has 5 nitrogen and oxygen atoms in total. The molecule has 0 spiro atoms. The number of benzene rings is 1. The number of piperazine rings is 1. The average Bonchev–Trinajstić information content (AvgIpc) is 3.22. The molecule has 0 aromatic heterocycles. The fourth-order valence-corrected chi connectivity index (χ4v) is 3.74. The summed E-state index contributed by atoms with van der Waals surface area (Å²) in [6.45, 7) is 8.07. The Bertz CT molecular complexity index is 620. The summed E-state index contributed by atoms with van der Waals surface area (Å²) < 4.78 is 5.51. The quantitative estimate of drug-likeness (QED) is 0.819. The van der Waals surface area contributed by atoms with Crippen molar-refractivity contribution in [3.63, 3.8) is 0 Å². The molecular formula is C20H29N3O2S. The first kappa shape index (κ1) is 19.1. The second-order valence-electron chi connectivity index (χ2n) is 7.18. The summed E-state index contributed by atoms with van der Waals surface area (Å²) in [6, 6.07) is 8.50. The van der Waals surface area contributed by atoms with Crippen LogP contribution in [-0.2, 0) is 9.53 Å². The second kappa shape index (κ2) is 8.82. The molecule has 3 rings (SSSR count). The van der Waals surface area contributed by atoms with Gasteiger partial charge >= 0.3 is 0 Å². The summed E-state index contributed by atoms with van der Waals surface area (Å²) in [4.78, 5) is 16.5. The van der Waals surface area contributed by atoms with Gasteiger partial charge in [-0.3, -0.25) is 4.79 Å². The van der Waals surface area contributed by atoms with Gasteiger partial charge in [-0.15, -0.1) is 0 Å². The van der Waals surface area contributed by atoms with Crippen LogP contribution in [0.1, 0.15) is 44.6 Å². The minimum absolute atomic E-state index is 0.140. The van der Waals surface area contributed by atoms with Crippen LogP contribution in [0.15, 0.2) is 24.3 Å². The number of rotatable bonds is 4. The Labute approximate surface area is 161 Å². The number of nitrogens with zero attached hydrogens (tertiary/aromatic N) is 2. The number of hydrogen-bond donors (Lipinski definition) is 1. The number of anilines is 1. The van der Waals surface area contributed by atoms with Gasteiger partial charge in [0.1, 0.15) is 6.10 Å². The van der Waals surface area contributed by atoms with Gasteiger partial charge in [-0.1, -0.05) is 26.0 Å². The van der Waals surface area contributed by atoms with Crippen molar-refractivity contribution in [2.75, 3.05) is 38.1 Å². The second-order valence-corrected chi connectivity index (χ2v) is 7.56. The number of thiocarbonyl (C=S) groups is 1. The summed E-state index contributed by atoms with van der Waals surface area (Å²) in [5.74, 6) is 0.715. The van der Waals surface area contributed by atoms with Gasteiger partial charge in [0.25, 0.3) is 5.91 Å². The molecule has 0 bridgehead atoms. The predicted octanol–water partition coefficient (Wildman–Crippen LogP) is 3.22. The van der Waals surface area contributed by atoms with Crippen LogP contribution in [0.2, 0.25) is 0 Å². The molecule has 0 saturated carbocycles.